The maximum Gasteiger partial charge on any atom is 0.306 e. The second-order valence-electron chi connectivity index (χ2n) is 4.48. The minimum Gasteiger partial charge on any atom is -0.466 e. The summed E-state index contributed by atoms with van der Waals surface area (Å²) < 4.78 is 5.04. The van der Waals surface area contributed by atoms with Crippen molar-refractivity contribution in [3.63, 3.8) is 0 Å². The number of hydrogen-bond acceptors (Lipinski definition) is 3. The molecule has 1 N–H and O–H groups in total. The van der Waals surface area contributed by atoms with Crippen molar-refractivity contribution in [2.75, 3.05) is 13.2 Å². The van der Waals surface area contributed by atoms with Gasteiger partial charge in [0.15, 0.2) is 0 Å². The normalized spacial score (nSPS) is 10.0. The van der Waals surface area contributed by atoms with Crippen molar-refractivity contribution in [2.45, 2.75) is 64.2 Å². The summed E-state index contributed by atoms with van der Waals surface area (Å²) in [7, 11) is 0. The molecule has 0 radical (unpaired) electrons. The predicted molar refractivity (Wildman–Crippen MR) is 73.0 cm³/mol. The number of esters is 1. The summed E-state index contributed by atoms with van der Waals surface area (Å²) in [4.78, 5) is 11.1. The molecule has 3 nitrogen and oxygen atoms in total. The van der Waals surface area contributed by atoms with Gasteiger partial charge in [-0.25, -0.2) is 0 Å². The Morgan fingerprint density at radius 3 is 2.11 bits per heavy atom. The van der Waals surface area contributed by atoms with Crippen LogP contribution in [0, 0.1) is 12.3 Å². The number of rotatable bonds is 12. The highest BCUT2D eigenvalue weighted by Crippen LogP contribution is 2.08. The summed E-state index contributed by atoms with van der Waals surface area (Å²) in [5.41, 5.74) is 0. The van der Waals surface area contributed by atoms with Crippen LogP contribution in [0.25, 0.3) is 0 Å². The molecular weight excluding hydrogens is 228 g/mol. The summed E-state index contributed by atoms with van der Waals surface area (Å²) in [5, 5.41) is 8.61. The van der Waals surface area contributed by atoms with Crippen LogP contribution in [-0.2, 0) is 9.53 Å². The molecule has 0 saturated carbocycles. The molecule has 0 bridgehead atoms. The molecule has 0 atom stereocenters. The van der Waals surface area contributed by atoms with E-state index < -0.39 is 0 Å². The van der Waals surface area contributed by atoms with E-state index in [9.17, 15) is 4.79 Å². The first-order valence-corrected chi connectivity index (χ1v) is 7.01. The average molecular weight is 254 g/mol. The summed E-state index contributed by atoms with van der Waals surface area (Å²) in [6.45, 7) is 0.832. The van der Waals surface area contributed by atoms with E-state index in [1.807, 2.05) is 0 Å². The predicted octanol–water partition coefficient (Wildman–Crippen LogP) is 3.06. The molecule has 0 aliphatic heterocycles. The van der Waals surface area contributed by atoms with Crippen LogP contribution in [-0.4, -0.2) is 24.3 Å². The van der Waals surface area contributed by atoms with Crippen molar-refractivity contribution in [2.24, 2.45) is 0 Å². The molecule has 0 spiro atoms. The number of aliphatic hydroxyl groups excluding tert-OH is 1. The Morgan fingerprint density at radius 2 is 1.56 bits per heavy atom. The summed E-state index contributed by atoms with van der Waals surface area (Å²) in [5.74, 6) is 2.24. The molecule has 0 heterocycles. The number of terminal acetylenes is 1. The zero-order valence-corrected chi connectivity index (χ0v) is 11.3. The Labute approximate surface area is 111 Å². The second-order valence-corrected chi connectivity index (χ2v) is 4.48. The number of carbonyl (C=O) groups is 1. The van der Waals surface area contributed by atoms with E-state index in [1.54, 1.807) is 0 Å². The van der Waals surface area contributed by atoms with Crippen LogP contribution in [0.15, 0.2) is 0 Å². The first kappa shape index (κ1) is 17.0. The molecule has 0 aliphatic carbocycles. The van der Waals surface area contributed by atoms with Crippen molar-refractivity contribution in [3.05, 3.63) is 0 Å². The molecule has 0 amide bonds. The van der Waals surface area contributed by atoms with Gasteiger partial charge in [-0.3, -0.25) is 4.79 Å². The molecule has 0 aromatic heterocycles. The van der Waals surface area contributed by atoms with Crippen molar-refractivity contribution < 1.29 is 14.6 Å². The summed E-state index contributed by atoms with van der Waals surface area (Å²) >= 11 is 0. The summed E-state index contributed by atoms with van der Waals surface area (Å²) in [6.07, 6.45) is 14.8. The number of carbonyl (C=O) groups excluding carboxylic acids is 1. The quantitative estimate of drug-likeness (QED) is 0.331. The van der Waals surface area contributed by atoms with Gasteiger partial charge in [0.05, 0.1) is 13.0 Å². The number of ether oxygens (including phenoxy) is 1. The topological polar surface area (TPSA) is 46.5 Å². The van der Waals surface area contributed by atoms with E-state index >= 15 is 0 Å². The van der Waals surface area contributed by atoms with Crippen LogP contribution in [0.3, 0.4) is 0 Å². The maximum atomic E-state index is 11.1. The molecule has 18 heavy (non-hydrogen) atoms. The fourth-order valence-corrected chi connectivity index (χ4v) is 1.71. The molecule has 0 saturated heterocycles. The minimum atomic E-state index is -0.183. The monoisotopic (exact) mass is 254 g/mol. The van der Waals surface area contributed by atoms with Gasteiger partial charge in [0.2, 0.25) is 0 Å². The van der Waals surface area contributed by atoms with Gasteiger partial charge in [0, 0.05) is 13.0 Å². The van der Waals surface area contributed by atoms with Crippen molar-refractivity contribution in [3.8, 4) is 12.3 Å². The highest BCUT2D eigenvalue weighted by molar-refractivity contribution is 5.69. The average Bonchev–Trinajstić information content (AvgIpc) is 2.38. The Hall–Kier alpha value is -1.01. The van der Waals surface area contributed by atoms with E-state index in [0.717, 1.165) is 25.7 Å². The Bertz CT molecular complexity index is 230. The molecule has 0 rings (SSSR count). The van der Waals surface area contributed by atoms with Crippen LogP contribution in [0.1, 0.15) is 64.2 Å². The van der Waals surface area contributed by atoms with Crippen LogP contribution < -0.4 is 0 Å². The van der Waals surface area contributed by atoms with E-state index in [4.69, 9.17) is 16.3 Å². The van der Waals surface area contributed by atoms with E-state index in [2.05, 4.69) is 5.92 Å². The Balaban J connectivity index is 3.07. The van der Waals surface area contributed by atoms with Crippen LogP contribution in [0.5, 0.6) is 0 Å². The molecule has 3 heteroatoms. The van der Waals surface area contributed by atoms with Gasteiger partial charge < -0.3 is 9.84 Å². The van der Waals surface area contributed by atoms with Gasteiger partial charge in [-0.1, -0.05) is 38.5 Å². The lowest BCUT2D eigenvalue weighted by Crippen LogP contribution is -2.05. The lowest BCUT2D eigenvalue weighted by molar-refractivity contribution is -0.143. The van der Waals surface area contributed by atoms with Gasteiger partial charge in [0.1, 0.15) is 0 Å². The van der Waals surface area contributed by atoms with Gasteiger partial charge in [0.25, 0.3) is 0 Å². The maximum absolute atomic E-state index is 11.1. The molecule has 0 aromatic rings. The third kappa shape index (κ3) is 13.1. The Morgan fingerprint density at radius 1 is 1.00 bits per heavy atom. The van der Waals surface area contributed by atoms with Gasteiger partial charge in [-0.05, 0) is 12.8 Å². The van der Waals surface area contributed by atoms with Crippen molar-refractivity contribution in [1.82, 2.24) is 0 Å². The van der Waals surface area contributed by atoms with Gasteiger partial charge >= 0.3 is 5.97 Å². The van der Waals surface area contributed by atoms with E-state index in [0.29, 0.717) is 26.1 Å². The van der Waals surface area contributed by atoms with Crippen molar-refractivity contribution >= 4 is 5.97 Å². The largest absolute Gasteiger partial charge is 0.466 e. The third-order valence-corrected chi connectivity index (χ3v) is 2.79. The second kappa shape index (κ2) is 14.1. The fraction of sp³-hybridized carbons (Fsp3) is 0.800. The molecule has 104 valence electrons. The molecular formula is C15H26O3. The lowest BCUT2D eigenvalue weighted by atomic mass is 10.1. The van der Waals surface area contributed by atoms with Crippen LogP contribution in [0.2, 0.25) is 0 Å². The zero-order chi connectivity index (χ0) is 13.5. The van der Waals surface area contributed by atoms with Crippen LogP contribution >= 0.6 is 0 Å². The zero-order valence-electron chi connectivity index (χ0n) is 11.3. The number of unbranched alkanes of at least 4 members (excludes halogenated alkanes) is 7. The first-order valence-electron chi connectivity index (χ1n) is 7.01. The first-order chi connectivity index (χ1) is 8.81. The molecule has 0 unspecified atom stereocenters. The lowest BCUT2D eigenvalue weighted by Gasteiger charge is -2.04. The highest BCUT2D eigenvalue weighted by Gasteiger charge is 2.00. The van der Waals surface area contributed by atoms with E-state index in [-0.39, 0.29) is 5.97 Å². The minimum absolute atomic E-state index is 0.183. The van der Waals surface area contributed by atoms with Gasteiger partial charge in [-0.15, -0.1) is 12.3 Å². The van der Waals surface area contributed by atoms with E-state index in [1.165, 1.54) is 25.7 Å². The molecule has 0 fully saturated rings. The number of aliphatic hydroxyl groups is 1. The highest BCUT2D eigenvalue weighted by atomic mass is 16.5. The van der Waals surface area contributed by atoms with Gasteiger partial charge in [-0.2, -0.15) is 0 Å². The SMILES string of the molecule is C#CCCC(=O)OCCCCCCCCCCO. The third-order valence-electron chi connectivity index (χ3n) is 2.79. The van der Waals surface area contributed by atoms with Crippen LogP contribution in [0.4, 0.5) is 0 Å². The molecule has 0 aromatic carbocycles. The molecule has 0 aliphatic rings. The van der Waals surface area contributed by atoms with Crippen molar-refractivity contribution in [1.29, 1.82) is 0 Å². The Kier molecular flexibility index (Phi) is 13.3. The number of hydrogen-bond donors (Lipinski definition) is 1. The fourth-order valence-electron chi connectivity index (χ4n) is 1.71. The standard InChI is InChI=1S/C15H26O3/c1-2-3-12-15(17)18-14-11-9-7-5-4-6-8-10-13-16/h1,16H,3-14H2. The summed E-state index contributed by atoms with van der Waals surface area (Å²) in [6, 6.07) is 0. The smallest absolute Gasteiger partial charge is 0.306 e.